The average Bonchev–Trinajstić information content (AvgIpc) is 2.86. The van der Waals surface area contributed by atoms with Gasteiger partial charge in [0, 0.05) is 45.7 Å². The van der Waals surface area contributed by atoms with Crippen LogP contribution in [0.2, 0.25) is 10.0 Å². The summed E-state index contributed by atoms with van der Waals surface area (Å²) >= 11 is 22.2. The Morgan fingerprint density at radius 1 is 0.703 bits per heavy atom. The molecule has 0 saturated heterocycles. The summed E-state index contributed by atoms with van der Waals surface area (Å²) < 4.78 is 12.2. The van der Waals surface area contributed by atoms with Crippen LogP contribution in [0.15, 0.2) is 113 Å². The third kappa shape index (κ3) is 10.6. The molecule has 1 N–H and O–H groups in total. The van der Waals surface area contributed by atoms with E-state index in [1.807, 2.05) is 72.8 Å². The third-order valence-electron chi connectivity index (χ3n) is 4.74. The molecule has 9 heteroatoms. The minimum absolute atomic E-state index is 0.0443. The van der Waals surface area contributed by atoms with Crippen molar-refractivity contribution in [2.45, 2.75) is 32.8 Å². The molecule has 37 heavy (non-hydrogen) atoms. The van der Waals surface area contributed by atoms with Gasteiger partial charge in [-0.15, -0.1) is 0 Å². The fraction of sp³-hybridized carbons (Fsp3) is 0.143. The highest BCUT2D eigenvalue weighted by Gasteiger charge is 2.05. The number of methoxy groups -OCH3 is 1. The van der Waals surface area contributed by atoms with Gasteiger partial charge in [-0.1, -0.05) is 103 Å². The third-order valence-corrected chi connectivity index (χ3v) is 8.65. The minimum atomic E-state index is 0.0443. The average molecular weight is 703 g/mol. The van der Waals surface area contributed by atoms with Gasteiger partial charge in [-0.25, -0.2) is 0 Å². The van der Waals surface area contributed by atoms with Crippen LogP contribution in [-0.4, -0.2) is 19.0 Å². The first-order valence-electron chi connectivity index (χ1n) is 11.0. The molecule has 0 heterocycles. The maximum atomic E-state index is 9.08. The van der Waals surface area contributed by atoms with Gasteiger partial charge in [0.25, 0.3) is 0 Å². The number of halogens is 4. The van der Waals surface area contributed by atoms with Crippen molar-refractivity contribution < 1.29 is 14.6 Å². The summed E-state index contributed by atoms with van der Waals surface area (Å²) in [7, 11) is 1.61. The number of ether oxygens (including phenoxy) is 2. The first-order chi connectivity index (χ1) is 17.9. The first kappa shape index (κ1) is 30.5. The molecule has 0 aliphatic rings. The SMILES string of the molecule is COCOCc1ccc(Sc2cccc(Cl)c2)cc1Br.OCc1ccc(Sc2cccc(Cl)c2)cc1Br. The van der Waals surface area contributed by atoms with Crippen molar-refractivity contribution in [2.24, 2.45) is 0 Å². The van der Waals surface area contributed by atoms with Gasteiger partial charge < -0.3 is 14.6 Å². The summed E-state index contributed by atoms with van der Waals surface area (Å²) in [5.41, 5.74) is 1.98. The maximum absolute atomic E-state index is 9.08. The van der Waals surface area contributed by atoms with Crippen molar-refractivity contribution in [3.8, 4) is 0 Å². The van der Waals surface area contributed by atoms with Crippen LogP contribution in [0.5, 0.6) is 0 Å². The Morgan fingerprint density at radius 3 is 1.62 bits per heavy atom. The van der Waals surface area contributed by atoms with E-state index in [2.05, 4.69) is 44.0 Å². The van der Waals surface area contributed by atoms with E-state index in [9.17, 15) is 0 Å². The normalized spacial score (nSPS) is 10.6. The summed E-state index contributed by atoms with van der Waals surface area (Å²) in [5.74, 6) is 0. The molecule has 4 aromatic carbocycles. The van der Waals surface area contributed by atoms with Crippen LogP contribution in [0.1, 0.15) is 11.1 Å². The number of aliphatic hydroxyl groups excluding tert-OH is 1. The molecular weight excluding hydrogens is 679 g/mol. The zero-order valence-electron chi connectivity index (χ0n) is 19.8. The molecule has 0 amide bonds. The summed E-state index contributed by atoms with van der Waals surface area (Å²) in [5, 5.41) is 10.6. The van der Waals surface area contributed by atoms with Gasteiger partial charge in [-0.3, -0.25) is 0 Å². The zero-order valence-corrected chi connectivity index (χ0v) is 26.1. The van der Waals surface area contributed by atoms with Gasteiger partial charge in [-0.2, -0.15) is 0 Å². The molecule has 0 spiro atoms. The molecule has 0 aliphatic carbocycles. The van der Waals surface area contributed by atoms with Crippen LogP contribution in [0.25, 0.3) is 0 Å². The molecular formula is C28H24Br2Cl2O3S2. The van der Waals surface area contributed by atoms with Crippen molar-refractivity contribution in [1.82, 2.24) is 0 Å². The molecule has 0 bridgehead atoms. The standard InChI is InChI=1S/C15H14BrClO2S.C13H10BrClOS/c1-18-10-19-9-11-5-6-14(8-15(11)16)20-13-4-2-3-12(17)7-13;14-13-7-12(5-4-9(13)8-16)17-11-3-1-2-10(15)6-11/h2-8H,9-10H2,1H3;1-7,16H,8H2. The Morgan fingerprint density at radius 2 is 1.19 bits per heavy atom. The molecule has 4 rings (SSSR count). The Bertz CT molecular complexity index is 1310. The lowest BCUT2D eigenvalue weighted by molar-refractivity contribution is -0.0392. The van der Waals surface area contributed by atoms with Gasteiger partial charge in [-0.05, 0) is 71.8 Å². The molecule has 0 aliphatic heterocycles. The van der Waals surface area contributed by atoms with Crippen LogP contribution < -0.4 is 0 Å². The van der Waals surface area contributed by atoms with Crippen molar-refractivity contribution in [3.63, 3.8) is 0 Å². The molecule has 0 saturated carbocycles. The van der Waals surface area contributed by atoms with E-state index in [1.54, 1.807) is 30.6 Å². The fourth-order valence-corrected chi connectivity index (χ4v) is 6.64. The van der Waals surface area contributed by atoms with Gasteiger partial charge in [0.15, 0.2) is 0 Å². The first-order valence-corrected chi connectivity index (χ1v) is 15.0. The van der Waals surface area contributed by atoms with Crippen LogP contribution >= 0.6 is 78.6 Å². The monoisotopic (exact) mass is 700 g/mol. The predicted molar refractivity (Wildman–Crippen MR) is 162 cm³/mol. The van der Waals surface area contributed by atoms with Gasteiger partial charge in [0.2, 0.25) is 0 Å². The Balaban J connectivity index is 0.000000208. The molecule has 194 valence electrons. The second kappa shape index (κ2) is 16.2. The van der Waals surface area contributed by atoms with E-state index < -0.39 is 0 Å². The summed E-state index contributed by atoms with van der Waals surface area (Å²) in [6.07, 6.45) is 0. The lowest BCUT2D eigenvalue weighted by Gasteiger charge is -2.08. The van der Waals surface area contributed by atoms with Crippen molar-refractivity contribution in [1.29, 1.82) is 0 Å². The molecule has 3 nitrogen and oxygen atoms in total. The van der Waals surface area contributed by atoms with Gasteiger partial charge >= 0.3 is 0 Å². The van der Waals surface area contributed by atoms with Crippen molar-refractivity contribution >= 4 is 78.6 Å². The molecule has 0 unspecified atom stereocenters. The molecule has 0 aromatic heterocycles. The van der Waals surface area contributed by atoms with Crippen molar-refractivity contribution in [3.05, 3.63) is 115 Å². The second-order valence-corrected chi connectivity index (χ2v) is 12.4. The summed E-state index contributed by atoms with van der Waals surface area (Å²) in [4.78, 5) is 4.47. The van der Waals surface area contributed by atoms with Crippen molar-refractivity contribution in [2.75, 3.05) is 13.9 Å². The Labute approximate surface area is 253 Å². The van der Waals surface area contributed by atoms with E-state index in [-0.39, 0.29) is 6.61 Å². The van der Waals surface area contributed by atoms with E-state index in [0.29, 0.717) is 13.4 Å². The van der Waals surface area contributed by atoms with E-state index in [1.165, 1.54) is 0 Å². The van der Waals surface area contributed by atoms with Crippen LogP contribution in [-0.2, 0) is 22.7 Å². The Kier molecular flexibility index (Phi) is 13.4. The molecule has 0 atom stereocenters. The van der Waals surface area contributed by atoms with Gasteiger partial charge in [0.05, 0.1) is 13.2 Å². The maximum Gasteiger partial charge on any atom is 0.146 e. The van der Waals surface area contributed by atoms with Crippen LogP contribution in [0.3, 0.4) is 0 Å². The number of hydrogen-bond acceptors (Lipinski definition) is 5. The minimum Gasteiger partial charge on any atom is -0.392 e. The number of rotatable bonds is 9. The number of benzene rings is 4. The van der Waals surface area contributed by atoms with E-state index >= 15 is 0 Å². The smallest absolute Gasteiger partial charge is 0.146 e. The summed E-state index contributed by atoms with van der Waals surface area (Å²) in [6.45, 7) is 0.866. The van der Waals surface area contributed by atoms with Gasteiger partial charge in [0.1, 0.15) is 6.79 Å². The number of aliphatic hydroxyl groups is 1. The highest BCUT2D eigenvalue weighted by Crippen LogP contribution is 2.33. The highest BCUT2D eigenvalue weighted by atomic mass is 79.9. The predicted octanol–water partition coefficient (Wildman–Crippen LogP) is 10.1. The largest absolute Gasteiger partial charge is 0.392 e. The second-order valence-electron chi connectivity index (χ2n) is 7.54. The fourth-order valence-electron chi connectivity index (χ4n) is 3.00. The zero-order chi connectivity index (χ0) is 26.6. The molecule has 0 fully saturated rings. The lowest BCUT2D eigenvalue weighted by atomic mass is 10.2. The Hall–Kier alpha value is -1.000. The topological polar surface area (TPSA) is 38.7 Å². The lowest BCUT2D eigenvalue weighted by Crippen LogP contribution is -1.97. The molecule has 0 radical (unpaired) electrons. The molecule has 4 aromatic rings. The number of hydrogen-bond donors (Lipinski definition) is 1. The highest BCUT2D eigenvalue weighted by molar-refractivity contribution is 9.10. The van der Waals surface area contributed by atoms with Crippen LogP contribution in [0.4, 0.5) is 0 Å². The van der Waals surface area contributed by atoms with Crippen LogP contribution in [0, 0.1) is 0 Å². The van der Waals surface area contributed by atoms with E-state index in [4.69, 9.17) is 37.8 Å². The van der Waals surface area contributed by atoms with E-state index in [0.717, 1.165) is 49.7 Å². The quantitative estimate of drug-likeness (QED) is 0.139. The summed E-state index contributed by atoms with van der Waals surface area (Å²) in [6, 6.07) is 27.7.